The second-order valence-electron chi connectivity index (χ2n) is 5.56. The first-order valence-corrected chi connectivity index (χ1v) is 7.06. The first-order valence-electron chi connectivity index (χ1n) is 7.06. The fraction of sp³-hybridized carbons (Fsp3) is 0.600. The van der Waals surface area contributed by atoms with E-state index in [1.807, 2.05) is 13.0 Å². The van der Waals surface area contributed by atoms with Gasteiger partial charge in [0.05, 0.1) is 12.7 Å². The Kier molecular flexibility index (Phi) is 3.84. The highest BCUT2D eigenvalue weighted by molar-refractivity contribution is 5.14. The molecule has 0 aromatic heterocycles. The number of nitrogens with zero attached hydrogens (tertiary/aromatic N) is 2. The Morgan fingerprint density at radius 3 is 2.84 bits per heavy atom. The van der Waals surface area contributed by atoms with Crippen LogP contribution in [-0.2, 0) is 11.3 Å². The molecule has 0 radical (unpaired) electrons. The van der Waals surface area contributed by atoms with Gasteiger partial charge in [0.25, 0.3) is 0 Å². The zero-order chi connectivity index (χ0) is 13.2. The highest BCUT2D eigenvalue weighted by Crippen LogP contribution is 2.22. The third-order valence-electron chi connectivity index (χ3n) is 4.17. The maximum atomic E-state index is 10.1. The van der Waals surface area contributed by atoms with Gasteiger partial charge in [0.1, 0.15) is 6.23 Å². The Labute approximate surface area is 114 Å². The molecular formula is C15H22N2O2. The van der Waals surface area contributed by atoms with Crippen molar-refractivity contribution in [3.63, 3.8) is 0 Å². The van der Waals surface area contributed by atoms with E-state index < -0.39 is 6.23 Å². The number of hydrogen-bond acceptors (Lipinski definition) is 4. The zero-order valence-corrected chi connectivity index (χ0v) is 11.4. The van der Waals surface area contributed by atoms with Crippen LogP contribution in [0.1, 0.15) is 12.5 Å². The molecule has 19 heavy (non-hydrogen) atoms. The lowest BCUT2D eigenvalue weighted by atomic mass is 10.1. The number of fused-ring (bicyclic) bond motifs is 1. The molecule has 3 atom stereocenters. The van der Waals surface area contributed by atoms with Crippen LogP contribution in [0.4, 0.5) is 0 Å². The van der Waals surface area contributed by atoms with Gasteiger partial charge in [0.2, 0.25) is 0 Å². The van der Waals surface area contributed by atoms with Crippen LogP contribution in [0.25, 0.3) is 0 Å². The van der Waals surface area contributed by atoms with Gasteiger partial charge >= 0.3 is 0 Å². The van der Waals surface area contributed by atoms with Crippen molar-refractivity contribution >= 4 is 0 Å². The summed E-state index contributed by atoms with van der Waals surface area (Å²) in [7, 11) is 0. The monoisotopic (exact) mass is 262 g/mol. The summed E-state index contributed by atoms with van der Waals surface area (Å²) in [5.74, 6) is 0. The van der Waals surface area contributed by atoms with Crippen molar-refractivity contribution in [2.24, 2.45) is 0 Å². The number of morpholine rings is 1. The van der Waals surface area contributed by atoms with Crippen LogP contribution in [0.2, 0.25) is 0 Å². The summed E-state index contributed by atoms with van der Waals surface area (Å²) in [5, 5.41) is 10.1. The molecule has 0 spiro atoms. The average molecular weight is 262 g/mol. The van der Waals surface area contributed by atoms with Gasteiger partial charge in [-0.05, 0) is 12.5 Å². The quantitative estimate of drug-likeness (QED) is 0.859. The second kappa shape index (κ2) is 5.59. The van der Waals surface area contributed by atoms with Crippen LogP contribution in [-0.4, -0.2) is 59.5 Å². The molecule has 1 aromatic rings. The van der Waals surface area contributed by atoms with Crippen molar-refractivity contribution in [2.45, 2.75) is 31.8 Å². The van der Waals surface area contributed by atoms with Gasteiger partial charge in [-0.2, -0.15) is 0 Å². The van der Waals surface area contributed by atoms with Crippen molar-refractivity contribution in [1.29, 1.82) is 0 Å². The molecule has 2 aliphatic heterocycles. The Bertz CT molecular complexity index is 412. The van der Waals surface area contributed by atoms with Crippen LogP contribution < -0.4 is 0 Å². The number of hydrogen-bond donors (Lipinski definition) is 1. The van der Waals surface area contributed by atoms with E-state index in [4.69, 9.17) is 4.74 Å². The lowest BCUT2D eigenvalue weighted by Crippen LogP contribution is -2.63. The fourth-order valence-electron chi connectivity index (χ4n) is 3.03. The van der Waals surface area contributed by atoms with Gasteiger partial charge in [-0.25, -0.2) is 0 Å². The predicted octanol–water partition coefficient (Wildman–Crippen LogP) is 0.910. The lowest BCUT2D eigenvalue weighted by molar-refractivity contribution is -0.190. The van der Waals surface area contributed by atoms with Crippen LogP contribution in [0, 0.1) is 0 Å². The Morgan fingerprint density at radius 1 is 1.26 bits per heavy atom. The molecule has 2 heterocycles. The maximum Gasteiger partial charge on any atom is 0.133 e. The van der Waals surface area contributed by atoms with Crippen LogP contribution in [0.3, 0.4) is 0 Å². The standard InChI is InChI=1S/C15H22N2O2/c1-12-15(18)17-8-7-16(10-14(17)11-19-12)9-13-5-3-2-4-6-13/h2-6,12,14-15,18H,7-11H2,1H3/t12-,14-,15?/m0/s1. The molecule has 2 aliphatic rings. The van der Waals surface area contributed by atoms with E-state index in [0.717, 1.165) is 32.8 Å². The molecule has 0 aliphatic carbocycles. The maximum absolute atomic E-state index is 10.1. The van der Waals surface area contributed by atoms with Gasteiger partial charge in [-0.15, -0.1) is 0 Å². The van der Waals surface area contributed by atoms with Crippen LogP contribution in [0.15, 0.2) is 30.3 Å². The average Bonchev–Trinajstić information content (AvgIpc) is 2.44. The van der Waals surface area contributed by atoms with E-state index in [2.05, 4.69) is 34.1 Å². The van der Waals surface area contributed by atoms with Gasteiger partial charge in [-0.3, -0.25) is 9.80 Å². The minimum Gasteiger partial charge on any atom is -0.376 e. The SMILES string of the molecule is C[C@@H]1OC[C@@H]2CN(Cc3ccccc3)CCN2C1O. The minimum absolute atomic E-state index is 0.0723. The smallest absolute Gasteiger partial charge is 0.133 e. The summed E-state index contributed by atoms with van der Waals surface area (Å²) in [5.41, 5.74) is 1.35. The molecule has 1 N–H and O–H groups in total. The Balaban J connectivity index is 1.61. The van der Waals surface area contributed by atoms with Crippen LogP contribution in [0.5, 0.6) is 0 Å². The zero-order valence-electron chi connectivity index (χ0n) is 11.4. The molecular weight excluding hydrogens is 240 g/mol. The topological polar surface area (TPSA) is 35.9 Å². The van der Waals surface area contributed by atoms with E-state index in [9.17, 15) is 5.11 Å². The van der Waals surface area contributed by atoms with Crippen molar-refractivity contribution < 1.29 is 9.84 Å². The molecule has 0 bridgehead atoms. The van der Waals surface area contributed by atoms with E-state index in [1.54, 1.807) is 0 Å². The molecule has 0 saturated carbocycles. The van der Waals surface area contributed by atoms with Gasteiger partial charge in [-0.1, -0.05) is 30.3 Å². The van der Waals surface area contributed by atoms with E-state index >= 15 is 0 Å². The predicted molar refractivity (Wildman–Crippen MR) is 73.6 cm³/mol. The number of ether oxygens (including phenoxy) is 1. The number of piperazine rings is 1. The first kappa shape index (κ1) is 13.1. The van der Waals surface area contributed by atoms with E-state index in [-0.39, 0.29) is 6.10 Å². The summed E-state index contributed by atoms with van der Waals surface area (Å²) in [4.78, 5) is 4.64. The summed E-state index contributed by atoms with van der Waals surface area (Å²) in [6, 6.07) is 10.9. The Hall–Kier alpha value is -0.940. The van der Waals surface area contributed by atoms with Gasteiger partial charge in [0.15, 0.2) is 0 Å². The molecule has 1 aromatic carbocycles. The van der Waals surface area contributed by atoms with E-state index in [0.29, 0.717) is 6.04 Å². The van der Waals surface area contributed by atoms with Crippen molar-refractivity contribution in [1.82, 2.24) is 9.80 Å². The number of benzene rings is 1. The molecule has 4 heteroatoms. The van der Waals surface area contributed by atoms with E-state index in [1.165, 1.54) is 5.56 Å². The fourth-order valence-corrected chi connectivity index (χ4v) is 3.03. The molecule has 4 nitrogen and oxygen atoms in total. The first-order chi connectivity index (χ1) is 9.24. The Morgan fingerprint density at radius 2 is 2.05 bits per heavy atom. The summed E-state index contributed by atoms with van der Waals surface area (Å²) in [6.45, 7) is 6.55. The van der Waals surface area contributed by atoms with Gasteiger partial charge in [0, 0.05) is 32.2 Å². The van der Waals surface area contributed by atoms with Crippen LogP contribution >= 0.6 is 0 Å². The molecule has 2 saturated heterocycles. The summed E-state index contributed by atoms with van der Waals surface area (Å²) < 4.78 is 5.64. The highest BCUT2D eigenvalue weighted by atomic mass is 16.5. The number of aliphatic hydroxyl groups excluding tert-OH is 1. The third kappa shape index (κ3) is 2.82. The van der Waals surface area contributed by atoms with Crippen molar-refractivity contribution in [3.05, 3.63) is 35.9 Å². The largest absolute Gasteiger partial charge is 0.376 e. The van der Waals surface area contributed by atoms with Crippen molar-refractivity contribution in [3.8, 4) is 0 Å². The highest BCUT2D eigenvalue weighted by Gasteiger charge is 2.37. The second-order valence-corrected chi connectivity index (χ2v) is 5.56. The number of rotatable bonds is 2. The molecule has 1 unspecified atom stereocenters. The lowest BCUT2D eigenvalue weighted by Gasteiger charge is -2.48. The molecule has 0 amide bonds. The molecule has 104 valence electrons. The van der Waals surface area contributed by atoms with Crippen molar-refractivity contribution in [2.75, 3.05) is 26.2 Å². The summed E-state index contributed by atoms with van der Waals surface area (Å²) >= 11 is 0. The normalized spacial score (nSPS) is 33.1. The molecule has 2 fully saturated rings. The third-order valence-corrected chi connectivity index (χ3v) is 4.17. The number of aliphatic hydroxyl groups is 1. The summed E-state index contributed by atoms with van der Waals surface area (Å²) in [6.07, 6.45) is -0.519. The van der Waals surface area contributed by atoms with Gasteiger partial charge < -0.3 is 9.84 Å². The minimum atomic E-state index is -0.447. The molecule has 3 rings (SSSR count).